The normalized spacial score (nSPS) is 24.3. The predicted octanol–water partition coefficient (Wildman–Crippen LogP) is 4.87. The van der Waals surface area contributed by atoms with Crippen LogP contribution in [0.4, 0.5) is 0 Å². The molecule has 0 aromatic heterocycles. The van der Waals surface area contributed by atoms with Gasteiger partial charge in [-0.25, -0.2) is 0 Å². The highest BCUT2D eigenvalue weighted by molar-refractivity contribution is 8.00. The van der Waals surface area contributed by atoms with Gasteiger partial charge in [-0.2, -0.15) is 5.26 Å². The molecule has 96 valence electrons. The summed E-state index contributed by atoms with van der Waals surface area (Å²) in [6.45, 7) is 4.30. The van der Waals surface area contributed by atoms with Crippen molar-refractivity contribution >= 4 is 11.8 Å². The first-order valence-corrected chi connectivity index (χ1v) is 7.72. The van der Waals surface area contributed by atoms with Gasteiger partial charge in [0, 0.05) is 10.1 Å². The van der Waals surface area contributed by atoms with Gasteiger partial charge in [0.1, 0.15) is 0 Å². The SMILES string of the molecule is Cc1ccc(SC2CCCCCC2C#N)c(C)c1. The molecule has 1 aromatic carbocycles. The third kappa shape index (κ3) is 3.29. The van der Waals surface area contributed by atoms with Crippen LogP contribution in [0, 0.1) is 31.1 Å². The fourth-order valence-electron chi connectivity index (χ4n) is 2.66. The van der Waals surface area contributed by atoms with E-state index in [1.165, 1.54) is 41.7 Å². The minimum absolute atomic E-state index is 0.234. The second-order valence-corrected chi connectivity index (χ2v) is 6.58. The van der Waals surface area contributed by atoms with Gasteiger partial charge in [0.05, 0.1) is 12.0 Å². The van der Waals surface area contributed by atoms with Crippen molar-refractivity contribution in [1.82, 2.24) is 0 Å². The molecule has 0 spiro atoms. The van der Waals surface area contributed by atoms with Crippen LogP contribution in [0.1, 0.15) is 43.2 Å². The Hall–Kier alpha value is -0.940. The molecule has 0 bridgehead atoms. The number of hydrogen-bond acceptors (Lipinski definition) is 2. The highest BCUT2D eigenvalue weighted by Crippen LogP contribution is 2.37. The first-order valence-electron chi connectivity index (χ1n) is 6.84. The Morgan fingerprint density at radius 2 is 1.94 bits per heavy atom. The Kier molecular flexibility index (Phi) is 4.72. The van der Waals surface area contributed by atoms with Crippen LogP contribution in [0.3, 0.4) is 0 Å². The number of nitriles is 1. The van der Waals surface area contributed by atoms with E-state index in [2.05, 4.69) is 38.1 Å². The van der Waals surface area contributed by atoms with Crippen LogP contribution in [0.25, 0.3) is 0 Å². The Bertz CT molecular complexity index is 447. The third-order valence-electron chi connectivity index (χ3n) is 3.73. The average molecular weight is 259 g/mol. The molecule has 1 aliphatic carbocycles. The van der Waals surface area contributed by atoms with Crippen molar-refractivity contribution in [2.45, 2.75) is 56.1 Å². The fraction of sp³-hybridized carbons (Fsp3) is 0.562. The number of hydrogen-bond donors (Lipinski definition) is 0. The first-order chi connectivity index (χ1) is 8.70. The molecule has 1 aromatic rings. The van der Waals surface area contributed by atoms with Crippen molar-refractivity contribution in [3.05, 3.63) is 29.3 Å². The monoisotopic (exact) mass is 259 g/mol. The van der Waals surface area contributed by atoms with Gasteiger partial charge in [-0.05, 0) is 38.3 Å². The average Bonchev–Trinajstić information content (AvgIpc) is 2.57. The number of benzene rings is 1. The lowest BCUT2D eigenvalue weighted by Crippen LogP contribution is -2.14. The van der Waals surface area contributed by atoms with Crippen molar-refractivity contribution in [1.29, 1.82) is 5.26 Å². The highest BCUT2D eigenvalue weighted by atomic mass is 32.2. The van der Waals surface area contributed by atoms with E-state index in [-0.39, 0.29) is 5.92 Å². The van der Waals surface area contributed by atoms with Gasteiger partial charge in [0.2, 0.25) is 0 Å². The summed E-state index contributed by atoms with van der Waals surface area (Å²) in [5, 5.41) is 9.80. The maximum Gasteiger partial charge on any atom is 0.0667 e. The molecule has 2 rings (SSSR count). The second kappa shape index (κ2) is 6.29. The third-order valence-corrected chi connectivity index (χ3v) is 5.31. The molecule has 0 saturated heterocycles. The summed E-state index contributed by atoms with van der Waals surface area (Å²) in [5.74, 6) is 0.234. The molecular formula is C16H21NS. The quantitative estimate of drug-likeness (QED) is 0.708. The lowest BCUT2D eigenvalue weighted by molar-refractivity contribution is 0.585. The zero-order chi connectivity index (χ0) is 13.0. The van der Waals surface area contributed by atoms with Crippen LogP contribution in [-0.4, -0.2) is 5.25 Å². The molecule has 1 fully saturated rings. The zero-order valence-corrected chi connectivity index (χ0v) is 12.1. The Labute approximate surface area is 115 Å². The van der Waals surface area contributed by atoms with Crippen LogP contribution >= 0.6 is 11.8 Å². The number of thioether (sulfide) groups is 1. The van der Waals surface area contributed by atoms with Gasteiger partial charge in [0.25, 0.3) is 0 Å². The molecular weight excluding hydrogens is 238 g/mol. The van der Waals surface area contributed by atoms with Crippen molar-refractivity contribution < 1.29 is 0 Å². The van der Waals surface area contributed by atoms with Gasteiger partial charge in [0.15, 0.2) is 0 Å². The molecule has 1 nitrogen and oxygen atoms in total. The van der Waals surface area contributed by atoms with Crippen LogP contribution in [0.5, 0.6) is 0 Å². The largest absolute Gasteiger partial charge is 0.198 e. The Morgan fingerprint density at radius 3 is 2.67 bits per heavy atom. The summed E-state index contributed by atoms with van der Waals surface area (Å²) < 4.78 is 0. The standard InChI is InChI=1S/C16H21NS/c1-12-8-9-15(13(2)10-12)18-16-7-5-3-4-6-14(16)11-17/h8-10,14,16H,3-7H2,1-2H3. The van der Waals surface area contributed by atoms with E-state index in [4.69, 9.17) is 0 Å². The van der Waals surface area contributed by atoms with Crippen LogP contribution in [0.15, 0.2) is 23.1 Å². The molecule has 0 N–H and O–H groups in total. The van der Waals surface area contributed by atoms with Gasteiger partial charge >= 0.3 is 0 Å². The van der Waals surface area contributed by atoms with E-state index in [1.54, 1.807) is 0 Å². The lowest BCUT2D eigenvalue weighted by Gasteiger charge is -2.19. The minimum Gasteiger partial charge on any atom is -0.198 e. The van der Waals surface area contributed by atoms with E-state index in [9.17, 15) is 5.26 Å². The molecule has 0 aliphatic heterocycles. The van der Waals surface area contributed by atoms with Gasteiger partial charge < -0.3 is 0 Å². The highest BCUT2D eigenvalue weighted by Gasteiger charge is 2.24. The topological polar surface area (TPSA) is 23.8 Å². The molecule has 2 unspecified atom stereocenters. The maximum absolute atomic E-state index is 9.31. The van der Waals surface area contributed by atoms with Gasteiger partial charge in [-0.1, -0.05) is 37.0 Å². The fourth-order valence-corrected chi connectivity index (χ4v) is 4.02. The molecule has 0 radical (unpaired) electrons. The van der Waals surface area contributed by atoms with Crippen molar-refractivity contribution in [3.63, 3.8) is 0 Å². The van der Waals surface area contributed by atoms with Crippen LogP contribution in [0.2, 0.25) is 0 Å². The van der Waals surface area contributed by atoms with Crippen LogP contribution < -0.4 is 0 Å². The number of nitrogens with zero attached hydrogens (tertiary/aromatic N) is 1. The summed E-state index contributed by atoms with van der Waals surface area (Å²) in [6.07, 6.45) is 6.07. The minimum atomic E-state index is 0.234. The zero-order valence-electron chi connectivity index (χ0n) is 11.3. The molecule has 2 atom stereocenters. The molecule has 1 saturated carbocycles. The summed E-state index contributed by atoms with van der Waals surface area (Å²) in [4.78, 5) is 1.35. The van der Waals surface area contributed by atoms with E-state index in [0.717, 1.165) is 6.42 Å². The Balaban J connectivity index is 2.13. The smallest absolute Gasteiger partial charge is 0.0667 e. The summed E-state index contributed by atoms with van der Waals surface area (Å²) in [5.41, 5.74) is 2.66. The van der Waals surface area contributed by atoms with Crippen molar-refractivity contribution in [2.24, 2.45) is 5.92 Å². The van der Waals surface area contributed by atoms with Crippen molar-refractivity contribution in [2.75, 3.05) is 0 Å². The van der Waals surface area contributed by atoms with Gasteiger partial charge in [-0.15, -0.1) is 11.8 Å². The predicted molar refractivity (Wildman–Crippen MR) is 77.7 cm³/mol. The summed E-state index contributed by atoms with van der Waals surface area (Å²) >= 11 is 1.92. The van der Waals surface area contributed by atoms with Crippen LogP contribution in [-0.2, 0) is 0 Å². The molecule has 2 heteroatoms. The van der Waals surface area contributed by atoms with E-state index in [1.807, 2.05) is 11.8 Å². The molecule has 0 amide bonds. The first kappa shape index (κ1) is 13.5. The second-order valence-electron chi connectivity index (χ2n) is 5.30. The summed E-state index contributed by atoms with van der Waals surface area (Å²) in [6, 6.07) is 9.15. The van der Waals surface area contributed by atoms with Crippen molar-refractivity contribution in [3.8, 4) is 6.07 Å². The maximum atomic E-state index is 9.31. The molecule has 1 aliphatic rings. The Morgan fingerprint density at radius 1 is 1.17 bits per heavy atom. The summed E-state index contributed by atoms with van der Waals surface area (Å²) in [7, 11) is 0. The van der Waals surface area contributed by atoms with E-state index in [0.29, 0.717) is 5.25 Å². The number of aryl methyl sites for hydroxylation is 2. The molecule has 18 heavy (non-hydrogen) atoms. The van der Waals surface area contributed by atoms with E-state index >= 15 is 0 Å². The van der Waals surface area contributed by atoms with Gasteiger partial charge in [-0.3, -0.25) is 0 Å². The lowest BCUT2D eigenvalue weighted by atomic mass is 10.0. The molecule has 0 heterocycles. The van der Waals surface area contributed by atoms with E-state index < -0.39 is 0 Å². The number of rotatable bonds is 2.